The number of halogens is 2. The predicted octanol–water partition coefficient (Wildman–Crippen LogP) is 3.21. The number of nitrogens with one attached hydrogen (secondary N) is 1. The van der Waals surface area contributed by atoms with E-state index >= 15 is 0 Å². The highest BCUT2D eigenvalue weighted by atomic mass is 19.3. The number of benzene rings is 1. The van der Waals surface area contributed by atoms with Gasteiger partial charge in [-0.2, -0.15) is 0 Å². The molecular formula is C17H21F2NO2. The molecule has 2 atom stereocenters. The van der Waals surface area contributed by atoms with E-state index in [1.54, 1.807) is 19.1 Å². The Hall–Kier alpha value is -1.78. The van der Waals surface area contributed by atoms with Crippen LogP contribution in [0.4, 0.5) is 8.78 Å². The third-order valence-corrected chi connectivity index (χ3v) is 4.20. The number of carbonyl (C=O) groups is 2. The minimum Gasteiger partial charge on any atom is -0.353 e. The summed E-state index contributed by atoms with van der Waals surface area (Å²) in [6, 6.07) is 5.85. The molecule has 1 N–H and O–H groups in total. The number of Topliss-reactive ketones (excluding diaryl/α,β-unsaturated/α-hetero) is 1. The van der Waals surface area contributed by atoms with Gasteiger partial charge in [-0.3, -0.25) is 9.59 Å². The SMILES string of the molecule is CC(=O)[C@@H]1CC[C@@H](NC(=O)Cc2ccc(C(C)(F)F)cc2)C1. The van der Waals surface area contributed by atoms with Crippen molar-refractivity contribution in [3.05, 3.63) is 35.4 Å². The topological polar surface area (TPSA) is 46.2 Å². The number of hydrogen-bond donors (Lipinski definition) is 1. The van der Waals surface area contributed by atoms with E-state index < -0.39 is 5.92 Å². The van der Waals surface area contributed by atoms with E-state index in [1.807, 2.05) is 0 Å². The zero-order valence-corrected chi connectivity index (χ0v) is 12.9. The summed E-state index contributed by atoms with van der Waals surface area (Å²) in [7, 11) is 0. The quantitative estimate of drug-likeness (QED) is 0.908. The third kappa shape index (κ3) is 4.36. The fourth-order valence-corrected chi connectivity index (χ4v) is 2.86. The van der Waals surface area contributed by atoms with Crippen molar-refractivity contribution in [3.8, 4) is 0 Å². The Labute approximate surface area is 129 Å². The Morgan fingerprint density at radius 3 is 2.36 bits per heavy atom. The van der Waals surface area contributed by atoms with Crippen LogP contribution < -0.4 is 5.32 Å². The van der Waals surface area contributed by atoms with E-state index in [0.29, 0.717) is 12.0 Å². The van der Waals surface area contributed by atoms with Crippen LogP contribution in [0.2, 0.25) is 0 Å². The molecule has 3 nitrogen and oxygen atoms in total. The fraction of sp³-hybridized carbons (Fsp3) is 0.529. The molecule has 120 valence electrons. The van der Waals surface area contributed by atoms with Crippen molar-refractivity contribution in [2.45, 2.75) is 51.5 Å². The maximum absolute atomic E-state index is 13.1. The summed E-state index contributed by atoms with van der Waals surface area (Å²) < 4.78 is 26.2. The van der Waals surface area contributed by atoms with E-state index in [0.717, 1.165) is 19.8 Å². The Morgan fingerprint density at radius 2 is 1.86 bits per heavy atom. The Bertz CT molecular complexity index is 549. The maximum Gasteiger partial charge on any atom is 0.270 e. The summed E-state index contributed by atoms with van der Waals surface area (Å²) in [4.78, 5) is 23.3. The van der Waals surface area contributed by atoms with E-state index in [1.165, 1.54) is 12.1 Å². The third-order valence-electron chi connectivity index (χ3n) is 4.20. The Morgan fingerprint density at radius 1 is 1.23 bits per heavy atom. The smallest absolute Gasteiger partial charge is 0.270 e. The van der Waals surface area contributed by atoms with Gasteiger partial charge in [0, 0.05) is 24.4 Å². The van der Waals surface area contributed by atoms with Gasteiger partial charge in [-0.15, -0.1) is 0 Å². The molecule has 22 heavy (non-hydrogen) atoms. The molecule has 0 spiro atoms. The molecule has 0 radical (unpaired) electrons. The summed E-state index contributed by atoms with van der Waals surface area (Å²) in [5.74, 6) is -2.78. The van der Waals surface area contributed by atoms with Gasteiger partial charge in [-0.25, -0.2) is 8.78 Å². The lowest BCUT2D eigenvalue weighted by Gasteiger charge is -2.13. The molecule has 1 amide bonds. The highest BCUT2D eigenvalue weighted by molar-refractivity contribution is 5.80. The van der Waals surface area contributed by atoms with Crippen molar-refractivity contribution in [2.75, 3.05) is 0 Å². The lowest BCUT2D eigenvalue weighted by molar-refractivity contribution is -0.122. The molecule has 1 saturated carbocycles. The van der Waals surface area contributed by atoms with Crippen LogP contribution in [0, 0.1) is 5.92 Å². The number of carbonyl (C=O) groups excluding carboxylic acids is 2. The van der Waals surface area contributed by atoms with Crippen molar-refractivity contribution < 1.29 is 18.4 Å². The van der Waals surface area contributed by atoms with Crippen molar-refractivity contribution in [2.24, 2.45) is 5.92 Å². The van der Waals surface area contributed by atoms with Gasteiger partial charge in [0.25, 0.3) is 5.92 Å². The number of alkyl halides is 2. The highest BCUT2D eigenvalue weighted by Crippen LogP contribution is 2.27. The lowest BCUT2D eigenvalue weighted by atomic mass is 10.0. The molecule has 0 heterocycles. The van der Waals surface area contributed by atoms with Crippen LogP contribution in [0.15, 0.2) is 24.3 Å². The van der Waals surface area contributed by atoms with Gasteiger partial charge in [-0.05, 0) is 31.7 Å². The monoisotopic (exact) mass is 309 g/mol. The first-order valence-electron chi connectivity index (χ1n) is 7.53. The molecule has 0 aliphatic heterocycles. The molecular weight excluding hydrogens is 288 g/mol. The number of hydrogen-bond acceptors (Lipinski definition) is 2. The van der Waals surface area contributed by atoms with Gasteiger partial charge in [0.1, 0.15) is 5.78 Å². The normalized spacial score (nSPS) is 21.6. The van der Waals surface area contributed by atoms with Gasteiger partial charge in [0.05, 0.1) is 6.42 Å². The molecule has 5 heteroatoms. The second kappa shape index (κ2) is 6.55. The van der Waals surface area contributed by atoms with Crippen molar-refractivity contribution in [1.82, 2.24) is 5.32 Å². The van der Waals surface area contributed by atoms with Gasteiger partial charge in [0.15, 0.2) is 0 Å². The van der Waals surface area contributed by atoms with E-state index in [9.17, 15) is 18.4 Å². The van der Waals surface area contributed by atoms with Gasteiger partial charge in [0.2, 0.25) is 5.91 Å². The fourth-order valence-electron chi connectivity index (χ4n) is 2.86. The van der Waals surface area contributed by atoms with Crippen LogP contribution in [0.5, 0.6) is 0 Å². The van der Waals surface area contributed by atoms with Crippen molar-refractivity contribution in [3.63, 3.8) is 0 Å². The predicted molar refractivity (Wildman–Crippen MR) is 79.7 cm³/mol. The second-order valence-electron chi connectivity index (χ2n) is 6.15. The van der Waals surface area contributed by atoms with Crippen LogP contribution >= 0.6 is 0 Å². The molecule has 1 aliphatic rings. The summed E-state index contributed by atoms with van der Waals surface area (Å²) in [5, 5.41) is 2.92. The van der Waals surface area contributed by atoms with Crippen molar-refractivity contribution >= 4 is 11.7 Å². The molecule has 0 aromatic heterocycles. The van der Waals surface area contributed by atoms with Crippen LogP contribution in [0.25, 0.3) is 0 Å². The largest absolute Gasteiger partial charge is 0.353 e. The molecule has 1 aromatic carbocycles. The van der Waals surface area contributed by atoms with Crippen LogP contribution in [0.3, 0.4) is 0 Å². The average molecular weight is 309 g/mol. The minimum atomic E-state index is -2.87. The number of amides is 1. The first kappa shape index (κ1) is 16.6. The summed E-state index contributed by atoms with van der Waals surface area (Å²) >= 11 is 0. The van der Waals surface area contributed by atoms with Crippen LogP contribution in [-0.2, 0) is 21.9 Å². The molecule has 1 fully saturated rings. The minimum absolute atomic E-state index is 0.0423. The molecule has 0 saturated heterocycles. The molecule has 1 aliphatic carbocycles. The maximum atomic E-state index is 13.1. The zero-order chi connectivity index (χ0) is 16.3. The second-order valence-corrected chi connectivity index (χ2v) is 6.15. The van der Waals surface area contributed by atoms with Crippen LogP contribution in [0.1, 0.15) is 44.2 Å². The van der Waals surface area contributed by atoms with Gasteiger partial charge < -0.3 is 5.32 Å². The average Bonchev–Trinajstić information content (AvgIpc) is 2.86. The first-order valence-corrected chi connectivity index (χ1v) is 7.53. The van der Waals surface area contributed by atoms with Gasteiger partial charge >= 0.3 is 0 Å². The lowest BCUT2D eigenvalue weighted by Crippen LogP contribution is -2.34. The van der Waals surface area contributed by atoms with E-state index in [4.69, 9.17) is 0 Å². The number of ketones is 1. The molecule has 0 unspecified atom stereocenters. The highest BCUT2D eigenvalue weighted by Gasteiger charge is 2.28. The summed E-state index contributed by atoms with van der Waals surface area (Å²) in [6.45, 7) is 2.43. The Balaban J connectivity index is 1.86. The summed E-state index contributed by atoms with van der Waals surface area (Å²) in [6.07, 6.45) is 2.50. The van der Waals surface area contributed by atoms with Crippen LogP contribution in [-0.4, -0.2) is 17.7 Å². The summed E-state index contributed by atoms with van der Waals surface area (Å²) in [5.41, 5.74) is 0.642. The van der Waals surface area contributed by atoms with E-state index in [-0.39, 0.29) is 35.6 Å². The standard InChI is InChI=1S/C17H21F2NO2/c1-11(21)13-5-8-15(10-13)20-16(22)9-12-3-6-14(7-4-12)17(2,18)19/h3-4,6-7,13,15H,5,8-10H2,1-2H3,(H,20,22)/t13-,15-/m1/s1. The number of rotatable bonds is 5. The van der Waals surface area contributed by atoms with Gasteiger partial charge in [-0.1, -0.05) is 24.3 Å². The first-order chi connectivity index (χ1) is 10.3. The molecule has 0 bridgehead atoms. The van der Waals surface area contributed by atoms with Crippen molar-refractivity contribution in [1.29, 1.82) is 0 Å². The molecule has 1 aromatic rings. The van der Waals surface area contributed by atoms with E-state index in [2.05, 4.69) is 5.32 Å². The zero-order valence-electron chi connectivity index (χ0n) is 12.9. The molecule has 2 rings (SSSR count). The Kier molecular flexibility index (Phi) is 4.94.